The first kappa shape index (κ1) is 10.7. The Bertz CT molecular complexity index is 353. The lowest BCUT2D eigenvalue weighted by molar-refractivity contribution is 0.373. The Kier molecular flexibility index (Phi) is 3.59. The Morgan fingerprint density at radius 2 is 2.29 bits per heavy atom. The molecule has 0 bridgehead atoms. The van der Waals surface area contributed by atoms with Gasteiger partial charge in [0.1, 0.15) is 0 Å². The van der Waals surface area contributed by atoms with Gasteiger partial charge in [-0.25, -0.2) is 0 Å². The van der Waals surface area contributed by atoms with Crippen molar-refractivity contribution in [2.45, 2.75) is 0 Å². The van der Waals surface area contributed by atoms with Crippen LogP contribution in [-0.4, -0.2) is 25.5 Å². The van der Waals surface area contributed by atoms with E-state index in [-0.39, 0.29) is 10.8 Å². The van der Waals surface area contributed by atoms with Crippen molar-refractivity contribution < 1.29 is 9.84 Å². The van der Waals surface area contributed by atoms with Crippen molar-refractivity contribution in [2.24, 2.45) is 5.10 Å². The number of hydrazone groups is 1. The molecule has 14 heavy (non-hydrogen) atoms. The van der Waals surface area contributed by atoms with E-state index in [9.17, 15) is 5.11 Å². The van der Waals surface area contributed by atoms with Crippen molar-refractivity contribution in [3.05, 3.63) is 22.7 Å². The molecule has 1 aromatic rings. The molecule has 2 N–H and O–H groups in total. The molecule has 0 spiro atoms. The molecule has 0 aliphatic carbocycles. The molecular weight excluding hydrogens is 204 g/mol. The summed E-state index contributed by atoms with van der Waals surface area (Å²) in [7, 11) is 3.15. The van der Waals surface area contributed by atoms with Crippen molar-refractivity contribution in [1.29, 1.82) is 0 Å². The van der Waals surface area contributed by atoms with Crippen LogP contribution in [0.15, 0.2) is 17.2 Å². The number of benzene rings is 1. The largest absolute Gasteiger partial charge is 0.503 e. The third-order valence-corrected chi connectivity index (χ3v) is 1.90. The highest BCUT2D eigenvalue weighted by Gasteiger charge is 2.07. The van der Waals surface area contributed by atoms with Crippen molar-refractivity contribution in [2.75, 3.05) is 14.2 Å². The van der Waals surface area contributed by atoms with E-state index in [1.54, 1.807) is 25.4 Å². The fraction of sp³-hybridized carbons (Fsp3) is 0.222. The lowest BCUT2D eigenvalue weighted by Crippen LogP contribution is -1.95. The number of methoxy groups -OCH3 is 1. The van der Waals surface area contributed by atoms with Crippen LogP contribution in [0.25, 0.3) is 0 Å². The number of phenolic OH excluding ortho intramolecular Hbond substituents is 1. The number of halogens is 1. The second-order valence-corrected chi connectivity index (χ2v) is 2.94. The van der Waals surface area contributed by atoms with Crippen LogP contribution in [0, 0.1) is 0 Å². The number of nitrogens with zero attached hydrogens (tertiary/aromatic N) is 1. The van der Waals surface area contributed by atoms with Crippen LogP contribution in [0.4, 0.5) is 0 Å². The van der Waals surface area contributed by atoms with Gasteiger partial charge < -0.3 is 15.3 Å². The summed E-state index contributed by atoms with van der Waals surface area (Å²) in [5.41, 5.74) is 3.36. The third-order valence-electron chi connectivity index (χ3n) is 1.61. The van der Waals surface area contributed by atoms with Gasteiger partial charge in [0.25, 0.3) is 0 Å². The van der Waals surface area contributed by atoms with E-state index in [0.717, 1.165) is 5.56 Å². The summed E-state index contributed by atoms with van der Waals surface area (Å²) in [4.78, 5) is 0. The van der Waals surface area contributed by atoms with Gasteiger partial charge in [0.2, 0.25) is 0 Å². The smallest absolute Gasteiger partial charge is 0.176 e. The normalized spacial score (nSPS) is 10.5. The number of phenols is 1. The molecule has 1 rings (SSSR count). The third kappa shape index (κ3) is 2.29. The summed E-state index contributed by atoms with van der Waals surface area (Å²) in [6, 6.07) is 3.24. The topological polar surface area (TPSA) is 53.9 Å². The quantitative estimate of drug-likeness (QED) is 0.594. The van der Waals surface area contributed by atoms with Gasteiger partial charge in [0.15, 0.2) is 11.5 Å². The molecule has 4 nitrogen and oxygen atoms in total. The average Bonchev–Trinajstić information content (AvgIpc) is 2.19. The fourth-order valence-corrected chi connectivity index (χ4v) is 1.18. The Labute approximate surface area is 87.2 Å². The molecule has 1 aromatic carbocycles. The predicted octanol–water partition coefficient (Wildman–Crippen LogP) is 1.61. The van der Waals surface area contributed by atoms with Crippen molar-refractivity contribution in [3.8, 4) is 11.5 Å². The minimum absolute atomic E-state index is 0.0595. The molecule has 0 atom stereocenters. The SMILES string of the molecule is CNN=Cc1cc(Cl)c(O)c(OC)c1. The van der Waals surface area contributed by atoms with Crippen LogP contribution in [0.2, 0.25) is 5.02 Å². The van der Waals surface area contributed by atoms with Gasteiger partial charge in [-0.1, -0.05) is 11.6 Å². The standard InChI is InChI=1S/C9H11ClN2O2/c1-11-12-5-6-3-7(10)9(13)8(4-6)14-2/h3-5,11,13H,1-2H3. The summed E-state index contributed by atoms with van der Waals surface area (Å²) in [5.74, 6) is 0.269. The molecular formula is C9H11ClN2O2. The molecule has 0 aliphatic heterocycles. The number of nitrogens with one attached hydrogen (secondary N) is 1. The molecule has 0 amide bonds. The molecule has 5 heteroatoms. The van der Waals surface area contributed by atoms with E-state index < -0.39 is 0 Å². The number of ether oxygens (including phenoxy) is 1. The van der Waals surface area contributed by atoms with Gasteiger partial charge in [-0.15, -0.1) is 0 Å². The Hall–Kier alpha value is -1.42. The monoisotopic (exact) mass is 214 g/mol. The van der Waals surface area contributed by atoms with Gasteiger partial charge in [-0.05, 0) is 17.7 Å². The zero-order valence-corrected chi connectivity index (χ0v) is 8.67. The van der Waals surface area contributed by atoms with Crippen LogP contribution in [0.3, 0.4) is 0 Å². The summed E-state index contributed by atoms with van der Waals surface area (Å²) in [6.45, 7) is 0. The average molecular weight is 215 g/mol. The lowest BCUT2D eigenvalue weighted by Gasteiger charge is -2.05. The second kappa shape index (κ2) is 4.72. The van der Waals surface area contributed by atoms with E-state index in [1.807, 2.05) is 0 Å². The molecule has 0 aliphatic rings. The molecule has 0 saturated carbocycles. The molecule has 0 fully saturated rings. The number of hydrogen-bond acceptors (Lipinski definition) is 4. The molecule has 0 saturated heterocycles. The van der Waals surface area contributed by atoms with E-state index in [4.69, 9.17) is 16.3 Å². The van der Waals surface area contributed by atoms with Crippen molar-refractivity contribution in [1.82, 2.24) is 5.43 Å². The number of rotatable bonds is 3. The highest BCUT2D eigenvalue weighted by atomic mass is 35.5. The second-order valence-electron chi connectivity index (χ2n) is 2.54. The minimum Gasteiger partial charge on any atom is -0.503 e. The Morgan fingerprint density at radius 3 is 2.86 bits per heavy atom. The first-order valence-corrected chi connectivity index (χ1v) is 4.33. The Balaban J connectivity index is 3.09. The van der Waals surface area contributed by atoms with E-state index in [2.05, 4.69) is 10.5 Å². The lowest BCUT2D eigenvalue weighted by atomic mass is 10.2. The van der Waals surface area contributed by atoms with E-state index >= 15 is 0 Å². The fourth-order valence-electron chi connectivity index (χ4n) is 0.963. The van der Waals surface area contributed by atoms with Gasteiger partial charge in [0.05, 0.1) is 18.3 Å². The molecule has 0 aromatic heterocycles. The maximum Gasteiger partial charge on any atom is 0.176 e. The molecule has 0 heterocycles. The minimum atomic E-state index is -0.0595. The summed E-state index contributed by atoms with van der Waals surface area (Å²) in [5, 5.41) is 13.5. The summed E-state index contributed by atoms with van der Waals surface area (Å²) in [6.07, 6.45) is 1.58. The number of aromatic hydroxyl groups is 1. The van der Waals surface area contributed by atoms with E-state index in [0.29, 0.717) is 5.75 Å². The van der Waals surface area contributed by atoms with Gasteiger partial charge >= 0.3 is 0 Å². The maximum atomic E-state index is 9.43. The van der Waals surface area contributed by atoms with Crippen molar-refractivity contribution >= 4 is 17.8 Å². The van der Waals surface area contributed by atoms with Crippen LogP contribution in [0.1, 0.15) is 5.56 Å². The van der Waals surface area contributed by atoms with Crippen LogP contribution in [-0.2, 0) is 0 Å². The maximum absolute atomic E-state index is 9.43. The molecule has 76 valence electrons. The molecule has 0 unspecified atom stereocenters. The highest BCUT2D eigenvalue weighted by Crippen LogP contribution is 2.34. The van der Waals surface area contributed by atoms with Crippen molar-refractivity contribution in [3.63, 3.8) is 0 Å². The predicted molar refractivity (Wildman–Crippen MR) is 56.3 cm³/mol. The highest BCUT2D eigenvalue weighted by molar-refractivity contribution is 6.32. The zero-order valence-electron chi connectivity index (χ0n) is 7.91. The van der Waals surface area contributed by atoms with Gasteiger partial charge in [0, 0.05) is 7.05 Å². The first-order chi connectivity index (χ1) is 6.69. The van der Waals surface area contributed by atoms with Gasteiger partial charge in [-0.3, -0.25) is 0 Å². The molecule has 0 radical (unpaired) electrons. The first-order valence-electron chi connectivity index (χ1n) is 3.95. The van der Waals surface area contributed by atoms with Crippen LogP contribution >= 0.6 is 11.6 Å². The Morgan fingerprint density at radius 1 is 1.57 bits per heavy atom. The van der Waals surface area contributed by atoms with E-state index in [1.165, 1.54) is 7.11 Å². The summed E-state index contributed by atoms with van der Waals surface area (Å²) >= 11 is 5.76. The van der Waals surface area contributed by atoms with Gasteiger partial charge in [-0.2, -0.15) is 5.10 Å². The van der Waals surface area contributed by atoms with Crippen LogP contribution < -0.4 is 10.2 Å². The summed E-state index contributed by atoms with van der Waals surface area (Å²) < 4.78 is 4.93. The van der Waals surface area contributed by atoms with Crippen LogP contribution in [0.5, 0.6) is 11.5 Å². The number of hydrogen-bond donors (Lipinski definition) is 2. The zero-order chi connectivity index (χ0) is 10.6.